The maximum absolute atomic E-state index is 12.1. The van der Waals surface area contributed by atoms with Gasteiger partial charge in [-0.3, -0.25) is 9.59 Å². The van der Waals surface area contributed by atoms with Gasteiger partial charge >= 0.3 is 0 Å². The Labute approximate surface area is 155 Å². The van der Waals surface area contributed by atoms with E-state index in [1.165, 1.54) is 0 Å². The van der Waals surface area contributed by atoms with Crippen LogP contribution in [-0.4, -0.2) is 17.9 Å². The summed E-state index contributed by atoms with van der Waals surface area (Å²) < 4.78 is 0. The molecule has 5 nitrogen and oxygen atoms in total. The lowest BCUT2D eigenvalue weighted by Crippen LogP contribution is -2.45. The van der Waals surface area contributed by atoms with E-state index in [4.69, 9.17) is 5.73 Å². The highest BCUT2D eigenvalue weighted by atomic mass is 16.2. The van der Waals surface area contributed by atoms with Crippen LogP contribution in [-0.2, 0) is 16.0 Å². The van der Waals surface area contributed by atoms with E-state index in [0.29, 0.717) is 24.2 Å². The first-order valence-corrected chi connectivity index (χ1v) is 8.76. The first-order valence-electron chi connectivity index (χ1n) is 8.76. The molecule has 2 aromatic carbocycles. The van der Waals surface area contributed by atoms with Crippen LogP contribution in [0.3, 0.4) is 0 Å². The number of anilines is 2. The molecule has 0 aliphatic rings. The Bertz CT molecular complexity index is 734. The molecule has 0 saturated heterocycles. The number of amides is 2. The Kier molecular flexibility index (Phi) is 6.52. The van der Waals surface area contributed by atoms with Gasteiger partial charge in [-0.15, -0.1) is 0 Å². The zero-order valence-electron chi connectivity index (χ0n) is 15.6. The summed E-state index contributed by atoms with van der Waals surface area (Å²) in [5.41, 5.74) is 8.12. The molecule has 2 rings (SSSR count). The Morgan fingerprint density at radius 2 is 1.46 bits per heavy atom. The van der Waals surface area contributed by atoms with Gasteiger partial charge in [-0.1, -0.05) is 51.1 Å². The average molecular weight is 353 g/mol. The normalized spacial score (nSPS) is 12.3. The molecular formula is C21H27N3O2. The van der Waals surface area contributed by atoms with Crippen molar-refractivity contribution in [1.82, 2.24) is 0 Å². The van der Waals surface area contributed by atoms with Crippen molar-refractivity contribution in [3.05, 3.63) is 60.2 Å². The van der Waals surface area contributed by atoms with Crippen LogP contribution >= 0.6 is 0 Å². The van der Waals surface area contributed by atoms with Gasteiger partial charge in [0.05, 0.1) is 6.04 Å². The summed E-state index contributed by atoms with van der Waals surface area (Å²) >= 11 is 0. The minimum Gasteiger partial charge on any atom is -0.326 e. The third-order valence-electron chi connectivity index (χ3n) is 4.14. The SMILES string of the molecule is CC(C)(C)[C@H](N)C(=O)Nc1ccc(NC(=O)CCc2ccccc2)cc1. The van der Waals surface area contributed by atoms with Crippen LogP contribution in [0.5, 0.6) is 0 Å². The number of aryl methyl sites for hydroxylation is 1. The number of benzene rings is 2. The Morgan fingerprint density at radius 3 is 2.00 bits per heavy atom. The van der Waals surface area contributed by atoms with Gasteiger partial charge in [0.2, 0.25) is 11.8 Å². The predicted molar refractivity (Wildman–Crippen MR) is 106 cm³/mol. The van der Waals surface area contributed by atoms with E-state index in [2.05, 4.69) is 10.6 Å². The zero-order valence-corrected chi connectivity index (χ0v) is 15.6. The molecule has 0 bridgehead atoms. The van der Waals surface area contributed by atoms with Crippen LogP contribution in [0.25, 0.3) is 0 Å². The van der Waals surface area contributed by atoms with Crippen LogP contribution in [0, 0.1) is 5.41 Å². The highest BCUT2D eigenvalue weighted by Crippen LogP contribution is 2.20. The van der Waals surface area contributed by atoms with Gasteiger partial charge in [-0.05, 0) is 41.7 Å². The molecule has 0 aromatic heterocycles. The van der Waals surface area contributed by atoms with E-state index in [0.717, 1.165) is 5.56 Å². The van der Waals surface area contributed by atoms with Crippen LogP contribution in [0.1, 0.15) is 32.8 Å². The summed E-state index contributed by atoms with van der Waals surface area (Å²) in [5.74, 6) is -0.266. The summed E-state index contributed by atoms with van der Waals surface area (Å²) in [6, 6.07) is 16.3. The fourth-order valence-electron chi connectivity index (χ4n) is 2.38. The molecule has 26 heavy (non-hydrogen) atoms. The number of carbonyl (C=O) groups excluding carboxylic acids is 2. The lowest BCUT2D eigenvalue weighted by molar-refractivity contribution is -0.119. The summed E-state index contributed by atoms with van der Waals surface area (Å²) in [4.78, 5) is 24.2. The van der Waals surface area contributed by atoms with Gasteiger partial charge in [0.25, 0.3) is 0 Å². The van der Waals surface area contributed by atoms with Gasteiger partial charge in [0.1, 0.15) is 0 Å². The van der Waals surface area contributed by atoms with Crippen LogP contribution < -0.4 is 16.4 Å². The molecule has 0 fully saturated rings. The van der Waals surface area contributed by atoms with Crippen LogP contribution in [0.2, 0.25) is 0 Å². The highest BCUT2D eigenvalue weighted by molar-refractivity contribution is 5.96. The maximum atomic E-state index is 12.1. The molecule has 0 aliphatic carbocycles. The van der Waals surface area contributed by atoms with E-state index in [1.807, 2.05) is 51.1 Å². The molecule has 0 unspecified atom stereocenters. The second-order valence-corrected chi connectivity index (χ2v) is 7.44. The van der Waals surface area contributed by atoms with Crippen molar-refractivity contribution in [2.75, 3.05) is 10.6 Å². The third kappa shape index (κ3) is 6.01. The molecule has 0 radical (unpaired) electrons. The van der Waals surface area contributed by atoms with Gasteiger partial charge in [-0.25, -0.2) is 0 Å². The molecular weight excluding hydrogens is 326 g/mol. The number of hydrogen-bond donors (Lipinski definition) is 3. The molecule has 2 amide bonds. The van der Waals surface area contributed by atoms with Crippen molar-refractivity contribution < 1.29 is 9.59 Å². The predicted octanol–water partition coefficient (Wildman–Crippen LogP) is 3.57. The van der Waals surface area contributed by atoms with E-state index >= 15 is 0 Å². The van der Waals surface area contributed by atoms with E-state index in [1.54, 1.807) is 24.3 Å². The molecule has 4 N–H and O–H groups in total. The first kappa shape index (κ1) is 19.7. The van der Waals surface area contributed by atoms with Crippen LogP contribution in [0.4, 0.5) is 11.4 Å². The zero-order chi connectivity index (χ0) is 19.2. The van der Waals surface area contributed by atoms with Crippen molar-refractivity contribution >= 4 is 23.2 Å². The molecule has 138 valence electrons. The molecule has 5 heteroatoms. The summed E-state index contributed by atoms with van der Waals surface area (Å²) in [7, 11) is 0. The van der Waals surface area contributed by atoms with Gasteiger partial charge < -0.3 is 16.4 Å². The fraction of sp³-hybridized carbons (Fsp3) is 0.333. The molecule has 1 atom stereocenters. The molecule has 0 spiro atoms. The molecule has 0 heterocycles. The van der Waals surface area contributed by atoms with Gasteiger partial charge in [-0.2, -0.15) is 0 Å². The minimum atomic E-state index is -0.597. The summed E-state index contributed by atoms with van der Waals surface area (Å²) in [6.45, 7) is 5.77. The summed E-state index contributed by atoms with van der Waals surface area (Å²) in [5, 5.41) is 5.66. The maximum Gasteiger partial charge on any atom is 0.241 e. The van der Waals surface area contributed by atoms with E-state index in [-0.39, 0.29) is 17.2 Å². The monoisotopic (exact) mass is 353 g/mol. The average Bonchev–Trinajstić information content (AvgIpc) is 2.61. The highest BCUT2D eigenvalue weighted by Gasteiger charge is 2.27. The standard InChI is InChI=1S/C21H27N3O2/c1-21(2,3)19(22)20(26)24-17-12-10-16(11-13-17)23-18(25)14-9-15-7-5-4-6-8-15/h4-8,10-13,19H,9,14,22H2,1-3H3,(H,23,25)(H,24,26)/t19-/m1/s1. The number of carbonyl (C=O) groups is 2. The van der Waals surface area contributed by atoms with Gasteiger partial charge in [0.15, 0.2) is 0 Å². The first-order chi connectivity index (χ1) is 12.3. The molecule has 0 saturated carbocycles. The topological polar surface area (TPSA) is 84.2 Å². The number of hydrogen-bond acceptors (Lipinski definition) is 3. The van der Waals surface area contributed by atoms with Crippen molar-refractivity contribution in [2.45, 2.75) is 39.7 Å². The molecule has 0 aliphatic heterocycles. The summed E-state index contributed by atoms with van der Waals surface area (Å²) in [6.07, 6.45) is 1.12. The van der Waals surface area contributed by atoms with E-state index in [9.17, 15) is 9.59 Å². The minimum absolute atomic E-state index is 0.0413. The lowest BCUT2D eigenvalue weighted by atomic mass is 9.87. The van der Waals surface area contributed by atoms with Crippen molar-refractivity contribution in [1.29, 1.82) is 0 Å². The largest absolute Gasteiger partial charge is 0.326 e. The van der Waals surface area contributed by atoms with Crippen molar-refractivity contribution in [3.63, 3.8) is 0 Å². The van der Waals surface area contributed by atoms with Crippen LogP contribution in [0.15, 0.2) is 54.6 Å². The van der Waals surface area contributed by atoms with Crippen molar-refractivity contribution in [2.24, 2.45) is 11.1 Å². The smallest absolute Gasteiger partial charge is 0.241 e. The third-order valence-corrected chi connectivity index (χ3v) is 4.14. The van der Waals surface area contributed by atoms with Gasteiger partial charge in [0, 0.05) is 17.8 Å². The van der Waals surface area contributed by atoms with E-state index < -0.39 is 6.04 Å². The fourth-order valence-corrected chi connectivity index (χ4v) is 2.38. The Morgan fingerprint density at radius 1 is 0.923 bits per heavy atom. The lowest BCUT2D eigenvalue weighted by Gasteiger charge is -2.25. The second-order valence-electron chi connectivity index (χ2n) is 7.44. The number of rotatable bonds is 6. The Balaban J connectivity index is 1.85. The Hall–Kier alpha value is -2.66. The van der Waals surface area contributed by atoms with Crippen molar-refractivity contribution in [3.8, 4) is 0 Å². The second kappa shape index (κ2) is 8.63. The number of nitrogens with two attached hydrogens (primary N) is 1. The number of nitrogens with one attached hydrogen (secondary N) is 2. The quantitative estimate of drug-likeness (QED) is 0.742. The molecule has 2 aromatic rings.